The van der Waals surface area contributed by atoms with Crippen molar-refractivity contribution in [2.24, 2.45) is 5.92 Å². The Bertz CT molecular complexity index is 483. The number of ether oxygens (including phenoxy) is 1. The number of amides is 1. The van der Waals surface area contributed by atoms with Gasteiger partial charge in [-0.15, -0.1) is 0 Å². The Kier molecular flexibility index (Phi) is 3.42. The van der Waals surface area contributed by atoms with Crippen LogP contribution in [0.5, 0.6) is 5.75 Å². The number of rotatable bonds is 5. The van der Waals surface area contributed by atoms with Crippen LogP contribution in [0, 0.1) is 5.92 Å². The molecule has 1 aliphatic heterocycles. The van der Waals surface area contributed by atoms with E-state index in [2.05, 4.69) is 17.6 Å². The summed E-state index contributed by atoms with van der Waals surface area (Å²) in [5, 5.41) is 6.37. The van der Waals surface area contributed by atoms with Crippen LogP contribution in [0.1, 0.15) is 31.7 Å². The molecule has 1 heterocycles. The molecule has 1 fully saturated rings. The van der Waals surface area contributed by atoms with Gasteiger partial charge in [0.15, 0.2) is 6.61 Å². The standard InChI is InChI=1S/C15H20N2O2/c1-10(6-11-2-3-11)16-8-12-4-5-14-13(7-12)17-15(18)9-19-14/h4-5,7,10-11,16H,2-3,6,8-9H2,1H3,(H,17,18). The number of hydrogen-bond acceptors (Lipinski definition) is 3. The van der Waals surface area contributed by atoms with Crippen LogP contribution < -0.4 is 15.4 Å². The van der Waals surface area contributed by atoms with Crippen molar-refractivity contribution < 1.29 is 9.53 Å². The quantitative estimate of drug-likeness (QED) is 0.854. The van der Waals surface area contributed by atoms with Gasteiger partial charge in [-0.25, -0.2) is 0 Å². The monoisotopic (exact) mass is 260 g/mol. The number of carbonyl (C=O) groups is 1. The maximum atomic E-state index is 11.3. The number of benzene rings is 1. The summed E-state index contributed by atoms with van der Waals surface area (Å²) in [6, 6.07) is 6.52. The van der Waals surface area contributed by atoms with E-state index in [4.69, 9.17) is 4.74 Å². The van der Waals surface area contributed by atoms with E-state index in [1.54, 1.807) is 0 Å². The van der Waals surface area contributed by atoms with Gasteiger partial charge in [-0.3, -0.25) is 4.79 Å². The molecule has 0 aromatic heterocycles. The van der Waals surface area contributed by atoms with E-state index >= 15 is 0 Å². The highest BCUT2D eigenvalue weighted by Crippen LogP contribution is 2.33. The van der Waals surface area contributed by atoms with E-state index in [1.165, 1.54) is 24.8 Å². The zero-order chi connectivity index (χ0) is 13.2. The van der Waals surface area contributed by atoms with Gasteiger partial charge in [0, 0.05) is 12.6 Å². The average Bonchev–Trinajstić information content (AvgIpc) is 3.19. The molecule has 1 amide bonds. The van der Waals surface area contributed by atoms with Crippen molar-refractivity contribution >= 4 is 11.6 Å². The Morgan fingerprint density at radius 1 is 1.47 bits per heavy atom. The fourth-order valence-electron chi connectivity index (χ4n) is 2.47. The van der Waals surface area contributed by atoms with Gasteiger partial charge in [0.1, 0.15) is 5.75 Å². The molecule has 1 aliphatic carbocycles. The van der Waals surface area contributed by atoms with Crippen LogP contribution in [0.4, 0.5) is 5.69 Å². The minimum Gasteiger partial charge on any atom is -0.482 e. The Morgan fingerprint density at radius 3 is 3.11 bits per heavy atom. The maximum Gasteiger partial charge on any atom is 0.262 e. The SMILES string of the molecule is CC(CC1CC1)NCc1ccc2c(c1)NC(=O)CO2. The predicted octanol–water partition coefficient (Wildman–Crippen LogP) is 2.30. The van der Waals surface area contributed by atoms with E-state index in [9.17, 15) is 4.79 Å². The summed E-state index contributed by atoms with van der Waals surface area (Å²) in [4.78, 5) is 11.3. The highest BCUT2D eigenvalue weighted by molar-refractivity contribution is 5.95. The first kappa shape index (κ1) is 12.5. The molecule has 19 heavy (non-hydrogen) atoms. The van der Waals surface area contributed by atoms with Crippen LogP contribution in [0.3, 0.4) is 0 Å². The Balaban J connectivity index is 1.58. The van der Waals surface area contributed by atoms with Crippen molar-refractivity contribution in [3.05, 3.63) is 23.8 Å². The van der Waals surface area contributed by atoms with Crippen molar-refractivity contribution in [1.82, 2.24) is 5.32 Å². The highest BCUT2D eigenvalue weighted by Gasteiger charge is 2.23. The fourth-order valence-corrected chi connectivity index (χ4v) is 2.47. The van der Waals surface area contributed by atoms with Crippen LogP contribution >= 0.6 is 0 Å². The summed E-state index contributed by atoms with van der Waals surface area (Å²) in [7, 11) is 0. The Morgan fingerprint density at radius 2 is 2.32 bits per heavy atom. The zero-order valence-electron chi connectivity index (χ0n) is 11.2. The molecule has 4 nitrogen and oxygen atoms in total. The lowest BCUT2D eigenvalue weighted by Gasteiger charge is -2.19. The lowest BCUT2D eigenvalue weighted by Crippen LogP contribution is -2.27. The number of nitrogens with one attached hydrogen (secondary N) is 2. The Labute approximate surface area is 113 Å². The summed E-state index contributed by atoms with van der Waals surface area (Å²) >= 11 is 0. The normalized spacial score (nSPS) is 19.3. The molecule has 0 saturated heterocycles. The van der Waals surface area contributed by atoms with Crippen LogP contribution in [-0.2, 0) is 11.3 Å². The van der Waals surface area contributed by atoms with Crippen molar-refractivity contribution in [2.75, 3.05) is 11.9 Å². The molecule has 4 heteroatoms. The molecule has 0 radical (unpaired) electrons. The van der Waals surface area contributed by atoms with Crippen LogP contribution in [0.2, 0.25) is 0 Å². The van der Waals surface area contributed by atoms with E-state index in [0.717, 1.165) is 23.9 Å². The van der Waals surface area contributed by atoms with Gasteiger partial charge in [-0.2, -0.15) is 0 Å². The van der Waals surface area contributed by atoms with Gasteiger partial charge in [-0.1, -0.05) is 18.9 Å². The van der Waals surface area contributed by atoms with Gasteiger partial charge in [0.05, 0.1) is 5.69 Å². The third kappa shape index (κ3) is 3.26. The topological polar surface area (TPSA) is 50.4 Å². The largest absolute Gasteiger partial charge is 0.482 e. The molecular weight excluding hydrogens is 240 g/mol. The second kappa shape index (κ2) is 5.21. The molecule has 1 aromatic carbocycles. The van der Waals surface area contributed by atoms with E-state index in [0.29, 0.717) is 6.04 Å². The molecule has 1 saturated carbocycles. The van der Waals surface area contributed by atoms with Crippen LogP contribution in [0.25, 0.3) is 0 Å². The second-order valence-corrected chi connectivity index (χ2v) is 5.63. The number of anilines is 1. The summed E-state index contributed by atoms with van der Waals surface area (Å²) in [6.07, 6.45) is 4.06. The van der Waals surface area contributed by atoms with Crippen LogP contribution in [0.15, 0.2) is 18.2 Å². The minimum absolute atomic E-state index is 0.0836. The molecule has 1 unspecified atom stereocenters. The summed E-state index contributed by atoms with van der Waals surface area (Å²) in [5.74, 6) is 1.62. The number of carbonyl (C=O) groups excluding carboxylic acids is 1. The molecule has 0 spiro atoms. The summed E-state index contributed by atoms with van der Waals surface area (Å²) in [5.41, 5.74) is 1.96. The molecule has 2 N–H and O–H groups in total. The zero-order valence-corrected chi connectivity index (χ0v) is 11.2. The van der Waals surface area contributed by atoms with Crippen molar-refractivity contribution in [3.8, 4) is 5.75 Å². The maximum absolute atomic E-state index is 11.3. The third-order valence-corrected chi connectivity index (χ3v) is 3.72. The molecule has 3 rings (SSSR count). The lowest BCUT2D eigenvalue weighted by molar-refractivity contribution is -0.118. The van der Waals surface area contributed by atoms with E-state index in [1.807, 2.05) is 18.2 Å². The molecule has 0 bridgehead atoms. The Hall–Kier alpha value is -1.55. The average molecular weight is 260 g/mol. The molecule has 1 aromatic rings. The summed E-state index contributed by atoms with van der Waals surface area (Å²) in [6.45, 7) is 3.18. The predicted molar refractivity (Wildman–Crippen MR) is 74.2 cm³/mol. The van der Waals surface area contributed by atoms with Crippen molar-refractivity contribution in [2.45, 2.75) is 38.8 Å². The molecule has 1 atom stereocenters. The van der Waals surface area contributed by atoms with Crippen molar-refractivity contribution in [3.63, 3.8) is 0 Å². The first-order chi connectivity index (χ1) is 9.20. The minimum atomic E-state index is -0.0836. The third-order valence-electron chi connectivity index (χ3n) is 3.72. The second-order valence-electron chi connectivity index (χ2n) is 5.63. The first-order valence-corrected chi connectivity index (χ1v) is 6.99. The molecular formula is C15H20N2O2. The molecule has 2 aliphatic rings. The first-order valence-electron chi connectivity index (χ1n) is 6.99. The van der Waals surface area contributed by atoms with Gasteiger partial charge < -0.3 is 15.4 Å². The lowest BCUT2D eigenvalue weighted by atomic mass is 10.1. The highest BCUT2D eigenvalue weighted by atomic mass is 16.5. The number of hydrogen-bond donors (Lipinski definition) is 2. The van der Waals surface area contributed by atoms with E-state index in [-0.39, 0.29) is 12.5 Å². The smallest absolute Gasteiger partial charge is 0.262 e. The summed E-state index contributed by atoms with van der Waals surface area (Å²) < 4.78 is 5.34. The van der Waals surface area contributed by atoms with Gasteiger partial charge >= 0.3 is 0 Å². The molecule has 102 valence electrons. The number of fused-ring (bicyclic) bond motifs is 1. The van der Waals surface area contributed by atoms with Gasteiger partial charge in [0.2, 0.25) is 0 Å². The van der Waals surface area contributed by atoms with E-state index < -0.39 is 0 Å². The fraction of sp³-hybridized carbons (Fsp3) is 0.533. The van der Waals surface area contributed by atoms with Crippen LogP contribution in [-0.4, -0.2) is 18.6 Å². The van der Waals surface area contributed by atoms with Crippen molar-refractivity contribution in [1.29, 1.82) is 0 Å². The van der Waals surface area contributed by atoms with Gasteiger partial charge in [-0.05, 0) is 37.0 Å². The van der Waals surface area contributed by atoms with Gasteiger partial charge in [0.25, 0.3) is 5.91 Å².